The van der Waals surface area contributed by atoms with Crippen LogP contribution in [0.1, 0.15) is 11.7 Å². The van der Waals surface area contributed by atoms with Gasteiger partial charge in [-0.3, -0.25) is 9.88 Å². The summed E-state index contributed by atoms with van der Waals surface area (Å²) >= 11 is 0. The SMILES string of the molecule is COc1ccc([C@H]2N=C(N)Nc3nc4ccccc4n32)cc1OC(F)F. The van der Waals surface area contributed by atoms with Crippen molar-refractivity contribution in [3.8, 4) is 11.5 Å². The van der Waals surface area contributed by atoms with E-state index in [1.54, 1.807) is 12.1 Å². The number of hydrogen-bond acceptors (Lipinski definition) is 6. The van der Waals surface area contributed by atoms with Crippen LogP contribution in [0.25, 0.3) is 11.0 Å². The Hall–Kier alpha value is -3.36. The molecule has 9 heteroatoms. The highest BCUT2D eigenvalue weighted by Gasteiger charge is 2.26. The van der Waals surface area contributed by atoms with Gasteiger partial charge < -0.3 is 15.2 Å². The number of ether oxygens (including phenoxy) is 2. The Kier molecular flexibility index (Phi) is 3.83. The fourth-order valence-electron chi connectivity index (χ4n) is 2.98. The van der Waals surface area contributed by atoms with E-state index in [-0.39, 0.29) is 17.5 Å². The molecule has 7 nitrogen and oxygen atoms in total. The van der Waals surface area contributed by atoms with E-state index in [1.165, 1.54) is 13.2 Å². The van der Waals surface area contributed by atoms with Gasteiger partial charge in [0.1, 0.15) is 0 Å². The van der Waals surface area contributed by atoms with Crippen molar-refractivity contribution in [2.75, 3.05) is 12.4 Å². The van der Waals surface area contributed by atoms with Gasteiger partial charge in [-0.1, -0.05) is 18.2 Å². The number of para-hydroxylation sites is 2. The van der Waals surface area contributed by atoms with Gasteiger partial charge in [-0.15, -0.1) is 0 Å². The second kappa shape index (κ2) is 6.17. The third-order valence-corrected chi connectivity index (χ3v) is 4.04. The van der Waals surface area contributed by atoms with E-state index in [9.17, 15) is 8.78 Å². The molecule has 1 aliphatic rings. The van der Waals surface area contributed by atoms with E-state index in [1.807, 2.05) is 28.8 Å². The van der Waals surface area contributed by atoms with Crippen molar-refractivity contribution < 1.29 is 18.3 Å². The molecular weight excluding hydrogens is 344 g/mol. The Morgan fingerprint density at radius 1 is 1.19 bits per heavy atom. The zero-order valence-electron chi connectivity index (χ0n) is 13.7. The van der Waals surface area contributed by atoms with Crippen LogP contribution in [0.5, 0.6) is 11.5 Å². The normalized spacial score (nSPS) is 16.2. The monoisotopic (exact) mass is 359 g/mol. The summed E-state index contributed by atoms with van der Waals surface area (Å²) in [6.45, 7) is -2.97. The number of alkyl halides is 2. The molecule has 0 aliphatic carbocycles. The van der Waals surface area contributed by atoms with E-state index >= 15 is 0 Å². The van der Waals surface area contributed by atoms with Crippen LogP contribution in [0.2, 0.25) is 0 Å². The Morgan fingerprint density at radius 3 is 2.77 bits per heavy atom. The van der Waals surface area contributed by atoms with Crippen LogP contribution >= 0.6 is 0 Å². The van der Waals surface area contributed by atoms with Gasteiger partial charge in [-0.25, -0.2) is 9.98 Å². The number of nitrogens with zero attached hydrogens (tertiary/aromatic N) is 3. The summed E-state index contributed by atoms with van der Waals surface area (Å²) in [5, 5.41) is 2.92. The van der Waals surface area contributed by atoms with E-state index in [0.717, 1.165) is 11.0 Å². The van der Waals surface area contributed by atoms with Gasteiger partial charge in [0.15, 0.2) is 23.6 Å². The molecule has 0 bridgehead atoms. The molecular formula is C17H15F2N5O2. The number of guanidine groups is 1. The summed E-state index contributed by atoms with van der Waals surface area (Å²) in [6, 6.07) is 12.3. The number of benzene rings is 2. The standard InChI is InChI=1S/C17H15F2N5O2/c1-25-12-7-6-9(8-13(12)26-15(18)19)14-22-16(20)23-17-21-10-4-2-3-5-11(10)24(14)17/h2-8,14-15H,1H3,(H3,20,21,22,23)/t14-/m0/s1. The second-order valence-corrected chi connectivity index (χ2v) is 5.60. The third-order valence-electron chi connectivity index (χ3n) is 4.04. The maximum absolute atomic E-state index is 12.7. The van der Waals surface area contributed by atoms with E-state index in [4.69, 9.17) is 10.5 Å². The fourth-order valence-corrected chi connectivity index (χ4v) is 2.98. The molecule has 0 unspecified atom stereocenters. The number of nitrogens with one attached hydrogen (secondary N) is 1. The number of aliphatic imine (C=N–C) groups is 1. The molecule has 4 rings (SSSR count). The molecule has 1 atom stereocenters. The molecule has 1 aliphatic heterocycles. The zero-order valence-corrected chi connectivity index (χ0v) is 13.7. The number of methoxy groups -OCH3 is 1. The van der Waals surface area contributed by atoms with Crippen molar-refractivity contribution >= 4 is 22.9 Å². The summed E-state index contributed by atoms with van der Waals surface area (Å²) in [4.78, 5) is 8.91. The van der Waals surface area contributed by atoms with Crippen molar-refractivity contribution in [2.45, 2.75) is 12.8 Å². The molecule has 0 fully saturated rings. The Balaban J connectivity index is 1.86. The molecule has 0 radical (unpaired) electrons. The van der Waals surface area contributed by atoms with Crippen molar-refractivity contribution in [2.24, 2.45) is 10.7 Å². The maximum Gasteiger partial charge on any atom is 0.387 e. The fraction of sp³-hybridized carbons (Fsp3) is 0.176. The summed E-state index contributed by atoms with van der Waals surface area (Å²) in [5.74, 6) is 0.842. The highest BCUT2D eigenvalue weighted by atomic mass is 19.3. The lowest BCUT2D eigenvalue weighted by molar-refractivity contribution is -0.0512. The molecule has 3 N–H and O–H groups in total. The molecule has 0 amide bonds. The predicted molar refractivity (Wildman–Crippen MR) is 92.7 cm³/mol. The molecule has 26 heavy (non-hydrogen) atoms. The van der Waals surface area contributed by atoms with Crippen LogP contribution in [-0.2, 0) is 0 Å². The lowest BCUT2D eigenvalue weighted by Crippen LogP contribution is -2.31. The van der Waals surface area contributed by atoms with Crippen LogP contribution in [-0.4, -0.2) is 29.2 Å². The number of fused-ring (bicyclic) bond motifs is 3. The van der Waals surface area contributed by atoms with Crippen LogP contribution in [0.4, 0.5) is 14.7 Å². The van der Waals surface area contributed by atoms with E-state index in [2.05, 4.69) is 20.0 Å². The quantitative estimate of drug-likeness (QED) is 0.748. The molecule has 0 spiro atoms. The van der Waals surface area contributed by atoms with Crippen molar-refractivity contribution in [1.82, 2.24) is 9.55 Å². The Bertz CT molecular complexity index is 1000. The van der Waals surface area contributed by atoms with Gasteiger partial charge >= 0.3 is 6.61 Å². The first-order chi connectivity index (χ1) is 12.6. The average molecular weight is 359 g/mol. The van der Waals surface area contributed by atoms with Gasteiger partial charge in [-0.05, 0) is 24.3 Å². The summed E-state index contributed by atoms with van der Waals surface area (Å²) < 4.78 is 36.9. The average Bonchev–Trinajstić information content (AvgIpc) is 2.98. The van der Waals surface area contributed by atoms with Gasteiger partial charge in [0.25, 0.3) is 0 Å². The number of hydrogen-bond donors (Lipinski definition) is 2. The maximum atomic E-state index is 12.7. The van der Waals surface area contributed by atoms with Gasteiger partial charge in [0, 0.05) is 5.56 Å². The minimum Gasteiger partial charge on any atom is -0.493 e. The molecule has 2 aromatic carbocycles. The number of nitrogens with two attached hydrogens (primary N) is 1. The van der Waals surface area contributed by atoms with Crippen molar-refractivity contribution in [1.29, 1.82) is 0 Å². The summed E-state index contributed by atoms with van der Waals surface area (Å²) in [7, 11) is 1.38. The van der Waals surface area contributed by atoms with E-state index in [0.29, 0.717) is 11.5 Å². The lowest BCUT2D eigenvalue weighted by Gasteiger charge is -2.24. The van der Waals surface area contributed by atoms with Gasteiger partial charge in [0.2, 0.25) is 5.95 Å². The summed E-state index contributed by atoms with van der Waals surface area (Å²) in [6.07, 6.45) is -0.579. The van der Waals surface area contributed by atoms with Crippen LogP contribution in [0.3, 0.4) is 0 Å². The van der Waals surface area contributed by atoms with Crippen molar-refractivity contribution in [3.63, 3.8) is 0 Å². The minimum absolute atomic E-state index is 0.0710. The lowest BCUT2D eigenvalue weighted by atomic mass is 10.1. The number of halogens is 2. The van der Waals surface area contributed by atoms with E-state index < -0.39 is 12.8 Å². The molecule has 0 saturated carbocycles. The smallest absolute Gasteiger partial charge is 0.387 e. The minimum atomic E-state index is -2.97. The van der Waals surface area contributed by atoms with Gasteiger partial charge in [0.05, 0.1) is 18.1 Å². The van der Waals surface area contributed by atoms with Crippen molar-refractivity contribution in [3.05, 3.63) is 48.0 Å². The second-order valence-electron chi connectivity index (χ2n) is 5.60. The zero-order chi connectivity index (χ0) is 18.3. The molecule has 1 aromatic heterocycles. The molecule has 0 saturated heterocycles. The molecule has 2 heterocycles. The first-order valence-corrected chi connectivity index (χ1v) is 7.77. The first-order valence-electron chi connectivity index (χ1n) is 7.77. The Labute approximate surface area is 147 Å². The topological polar surface area (TPSA) is 86.7 Å². The highest BCUT2D eigenvalue weighted by Crippen LogP contribution is 2.37. The first kappa shape index (κ1) is 16.1. The van der Waals surface area contributed by atoms with Gasteiger partial charge in [-0.2, -0.15) is 8.78 Å². The third kappa shape index (κ3) is 2.67. The van der Waals surface area contributed by atoms with Crippen LogP contribution in [0.15, 0.2) is 47.5 Å². The number of rotatable bonds is 4. The predicted octanol–water partition coefficient (Wildman–Crippen LogP) is 2.93. The molecule has 134 valence electrons. The number of imidazole rings is 1. The van der Waals surface area contributed by atoms with Crippen LogP contribution in [0, 0.1) is 0 Å². The number of aromatic nitrogens is 2. The highest BCUT2D eigenvalue weighted by molar-refractivity contribution is 5.94. The Morgan fingerprint density at radius 2 is 2.00 bits per heavy atom. The largest absolute Gasteiger partial charge is 0.493 e. The summed E-state index contributed by atoms with van der Waals surface area (Å²) in [5.41, 5.74) is 8.09. The number of anilines is 1. The molecule has 3 aromatic rings. The van der Waals surface area contributed by atoms with Crippen LogP contribution < -0.4 is 20.5 Å².